The molecule has 1 aromatic rings. The van der Waals surface area contributed by atoms with E-state index in [1.807, 2.05) is 25.1 Å². The number of aromatic nitrogens is 1. The number of carboxylic acids is 1. The fourth-order valence-electron chi connectivity index (χ4n) is 3.52. The van der Waals surface area contributed by atoms with E-state index in [1.54, 1.807) is 4.90 Å². The van der Waals surface area contributed by atoms with Crippen LogP contribution in [0.4, 0.5) is 13.2 Å². The molecule has 2 aliphatic rings. The van der Waals surface area contributed by atoms with Crippen molar-refractivity contribution >= 4 is 21.7 Å². The molecule has 2 aliphatic heterocycles. The Hall–Kier alpha value is -2.21. The number of ether oxygens (including phenoxy) is 1. The summed E-state index contributed by atoms with van der Waals surface area (Å²) in [7, 11) is -3.16. The third-order valence-electron chi connectivity index (χ3n) is 5.22. The third kappa shape index (κ3) is 5.28. The first-order chi connectivity index (χ1) is 13.8. The van der Waals surface area contributed by atoms with E-state index in [2.05, 4.69) is 4.98 Å². The van der Waals surface area contributed by atoms with Gasteiger partial charge in [-0.2, -0.15) is 13.2 Å². The van der Waals surface area contributed by atoms with Gasteiger partial charge in [-0.05, 0) is 25.5 Å². The van der Waals surface area contributed by atoms with Crippen LogP contribution < -0.4 is 0 Å². The summed E-state index contributed by atoms with van der Waals surface area (Å²) in [6, 6.07) is 5.75. The minimum atomic E-state index is -5.08. The number of carbonyl (C=O) groups excluding carboxylic acids is 1. The summed E-state index contributed by atoms with van der Waals surface area (Å²) >= 11 is 0. The number of carboxylic acid groups (broad SMARTS) is 1. The van der Waals surface area contributed by atoms with Crippen molar-refractivity contribution in [1.82, 2.24) is 9.88 Å². The SMILES string of the molecule is CC(=O)N1CC2(C1)C(COCc1cccc(C)n1)CCS2(=O)=O.O=C(O)C(F)(F)F. The number of pyridine rings is 1. The number of aliphatic carboxylic acids is 1. The average molecular weight is 452 g/mol. The molecule has 0 radical (unpaired) electrons. The molecule has 168 valence electrons. The summed E-state index contributed by atoms with van der Waals surface area (Å²) in [4.78, 5) is 26.3. The summed E-state index contributed by atoms with van der Waals surface area (Å²) in [5, 5.41) is 7.12. The normalized spacial score (nSPS) is 21.5. The number of alkyl halides is 3. The highest BCUT2D eigenvalue weighted by Gasteiger charge is 2.62. The van der Waals surface area contributed by atoms with Gasteiger partial charge >= 0.3 is 12.1 Å². The molecule has 12 heteroatoms. The molecule has 2 fully saturated rings. The number of likely N-dealkylation sites (tertiary alicyclic amines) is 1. The number of sulfone groups is 1. The summed E-state index contributed by atoms with van der Waals surface area (Å²) in [6.45, 7) is 4.78. The first kappa shape index (κ1) is 24.1. The van der Waals surface area contributed by atoms with Gasteiger partial charge in [-0.3, -0.25) is 9.78 Å². The number of hydrogen-bond donors (Lipinski definition) is 1. The van der Waals surface area contributed by atoms with E-state index in [0.29, 0.717) is 32.7 Å². The number of halogens is 3. The van der Waals surface area contributed by atoms with Crippen LogP contribution in [0.2, 0.25) is 0 Å². The van der Waals surface area contributed by atoms with Gasteiger partial charge in [-0.15, -0.1) is 0 Å². The second-order valence-corrected chi connectivity index (χ2v) is 9.78. The highest BCUT2D eigenvalue weighted by Crippen LogP contribution is 2.44. The number of nitrogens with zero attached hydrogens (tertiary/aromatic N) is 2. The Kier molecular flexibility index (Phi) is 7.12. The number of carbonyl (C=O) groups is 2. The highest BCUT2D eigenvalue weighted by atomic mass is 32.2. The second-order valence-electron chi connectivity index (χ2n) is 7.33. The van der Waals surface area contributed by atoms with Gasteiger partial charge in [0.1, 0.15) is 4.75 Å². The van der Waals surface area contributed by atoms with Crippen molar-refractivity contribution in [1.29, 1.82) is 0 Å². The molecule has 1 unspecified atom stereocenters. The van der Waals surface area contributed by atoms with Gasteiger partial charge in [0.15, 0.2) is 9.84 Å². The topological polar surface area (TPSA) is 114 Å². The van der Waals surface area contributed by atoms with E-state index >= 15 is 0 Å². The lowest BCUT2D eigenvalue weighted by Gasteiger charge is -2.49. The Labute approximate surface area is 172 Å². The predicted molar refractivity (Wildman–Crippen MR) is 99.2 cm³/mol. The Morgan fingerprint density at radius 2 is 1.93 bits per heavy atom. The van der Waals surface area contributed by atoms with E-state index in [4.69, 9.17) is 14.6 Å². The molecular weight excluding hydrogens is 429 g/mol. The van der Waals surface area contributed by atoms with Crippen molar-refractivity contribution in [3.05, 3.63) is 29.6 Å². The van der Waals surface area contributed by atoms with Crippen molar-refractivity contribution in [2.24, 2.45) is 5.92 Å². The maximum Gasteiger partial charge on any atom is 0.490 e. The fraction of sp³-hybridized carbons (Fsp3) is 0.611. The minimum Gasteiger partial charge on any atom is -0.475 e. The molecule has 3 heterocycles. The molecule has 1 N–H and O–H groups in total. The Bertz CT molecular complexity index is 897. The zero-order valence-corrected chi connectivity index (χ0v) is 17.3. The smallest absolute Gasteiger partial charge is 0.475 e. The van der Waals surface area contributed by atoms with Gasteiger partial charge in [0.05, 0.1) is 24.7 Å². The van der Waals surface area contributed by atoms with E-state index in [9.17, 15) is 26.4 Å². The maximum absolute atomic E-state index is 12.4. The fourth-order valence-corrected chi connectivity index (χ4v) is 5.92. The van der Waals surface area contributed by atoms with E-state index in [-0.39, 0.29) is 17.6 Å². The molecule has 3 rings (SSSR count). The van der Waals surface area contributed by atoms with E-state index in [0.717, 1.165) is 11.4 Å². The first-order valence-corrected chi connectivity index (χ1v) is 10.7. The van der Waals surface area contributed by atoms with Crippen LogP contribution in [-0.4, -0.2) is 71.7 Å². The van der Waals surface area contributed by atoms with E-state index < -0.39 is 26.7 Å². The molecule has 1 atom stereocenters. The standard InChI is InChI=1S/C16H22N2O4S.C2HF3O2/c1-12-4-3-5-15(17-12)9-22-8-14-6-7-23(20,21)16(14)10-18(11-16)13(2)19;3-2(4,5)1(6)7/h3-5,14H,6-11H2,1-2H3;(H,6,7). The molecule has 0 saturated carbocycles. The van der Waals surface area contributed by atoms with Crippen LogP contribution in [-0.2, 0) is 30.8 Å². The molecule has 1 spiro atoms. The number of rotatable bonds is 4. The van der Waals surface area contributed by atoms with Crippen LogP contribution in [0.1, 0.15) is 24.7 Å². The molecular formula is C18H23F3N2O6S. The van der Waals surface area contributed by atoms with Crippen molar-refractivity contribution in [3.63, 3.8) is 0 Å². The van der Waals surface area contributed by atoms with Gasteiger partial charge in [0.25, 0.3) is 0 Å². The highest BCUT2D eigenvalue weighted by molar-refractivity contribution is 7.93. The number of amides is 1. The maximum atomic E-state index is 12.4. The quantitative estimate of drug-likeness (QED) is 0.738. The lowest BCUT2D eigenvalue weighted by Crippen LogP contribution is -2.68. The summed E-state index contributed by atoms with van der Waals surface area (Å²) in [5.74, 6) is -2.68. The molecule has 2 saturated heterocycles. The van der Waals surface area contributed by atoms with Crippen LogP contribution in [0.25, 0.3) is 0 Å². The summed E-state index contributed by atoms with van der Waals surface area (Å²) in [5.41, 5.74) is 1.78. The van der Waals surface area contributed by atoms with Crippen LogP contribution in [0.5, 0.6) is 0 Å². The first-order valence-electron chi connectivity index (χ1n) is 9.07. The third-order valence-corrected chi connectivity index (χ3v) is 7.82. The molecule has 1 aromatic heterocycles. The van der Waals surface area contributed by atoms with Crippen molar-refractivity contribution in [2.45, 2.75) is 37.8 Å². The Morgan fingerprint density at radius 3 is 2.43 bits per heavy atom. The lowest BCUT2D eigenvalue weighted by atomic mass is 9.83. The van der Waals surface area contributed by atoms with Crippen LogP contribution >= 0.6 is 0 Å². The predicted octanol–water partition coefficient (Wildman–Crippen LogP) is 1.58. The summed E-state index contributed by atoms with van der Waals surface area (Å²) < 4.78 is 61.5. The minimum absolute atomic E-state index is 0.0482. The van der Waals surface area contributed by atoms with Crippen LogP contribution in [0.15, 0.2) is 18.2 Å². The van der Waals surface area contributed by atoms with Gasteiger partial charge in [-0.25, -0.2) is 13.2 Å². The number of aryl methyl sites for hydroxylation is 1. The average Bonchev–Trinajstić information content (AvgIpc) is 2.84. The van der Waals surface area contributed by atoms with E-state index in [1.165, 1.54) is 6.92 Å². The lowest BCUT2D eigenvalue weighted by molar-refractivity contribution is -0.192. The van der Waals surface area contributed by atoms with Gasteiger partial charge in [0.2, 0.25) is 5.91 Å². The van der Waals surface area contributed by atoms with Crippen LogP contribution in [0, 0.1) is 12.8 Å². The molecule has 0 aromatic carbocycles. The van der Waals surface area contributed by atoms with Gasteiger partial charge in [0, 0.05) is 31.6 Å². The molecule has 8 nitrogen and oxygen atoms in total. The largest absolute Gasteiger partial charge is 0.490 e. The summed E-state index contributed by atoms with van der Waals surface area (Å²) in [6.07, 6.45) is -4.48. The zero-order valence-electron chi connectivity index (χ0n) is 16.5. The van der Waals surface area contributed by atoms with Crippen molar-refractivity contribution in [2.75, 3.05) is 25.4 Å². The molecule has 0 aliphatic carbocycles. The van der Waals surface area contributed by atoms with Gasteiger partial charge in [-0.1, -0.05) is 6.07 Å². The number of hydrogen-bond acceptors (Lipinski definition) is 6. The van der Waals surface area contributed by atoms with Crippen molar-refractivity contribution < 1.29 is 41.0 Å². The Morgan fingerprint density at radius 1 is 1.33 bits per heavy atom. The Balaban J connectivity index is 0.000000396. The molecule has 1 amide bonds. The molecule has 0 bridgehead atoms. The van der Waals surface area contributed by atoms with Crippen LogP contribution in [0.3, 0.4) is 0 Å². The van der Waals surface area contributed by atoms with Gasteiger partial charge < -0.3 is 14.7 Å². The monoisotopic (exact) mass is 452 g/mol. The second kappa shape index (κ2) is 8.88. The zero-order chi connectivity index (χ0) is 22.7. The van der Waals surface area contributed by atoms with Crippen molar-refractivity contribution in [3.8, 4) is 0 Å². The molecule has 30 heavy (non-hydrogen) atoms.